The number of anilines is 3. The fourth-order valence-electron chi connectivity index (χ4n) is 6.18. The van der Waals surface area contributed by atoms with Crippen molar-refractivity contribution < 1.29 is 4.42 Å². The first-order valence-electron chi connectivity index (χ1n) is 14.3. The fraction of sp³-hybridized carbons (Fsp3) is 0. The van der Waals surface area contributed by atoms with Crippen molar-refractivity contribution in [3.8, 4) is 22.5 Å². The zero-order chi connectivity index (χ0) is 27.9. The Hall–Kier alpha value is -5.60. The lowest BCUT2D eigenvalue weighted by molar-refractivity contribution is 0.636. The van der Waals surface area contributed by atoms with Crippen LogP contribution in [0.2, 0.25) is 0 Å². The van der Waals surface area contributed by atoms with Gasteiger partial charge in [0.05, 0.1) is 0 Å². The molecule has 0 aliphatic carbocycles. The summed E-state index contributed by atoms with van der Waals surface area (Å²) >= 11 is 0. The highest BCUT2D eigenvalue weighted by Crippen LogP contribution is 2.47. The SMILES string of the molecule is c1ccc(-c2c(-c3ccc(N(c4ccccc4)c4ccccc4)cc3)oc3c4ccccc4c4ccccc4c23)cc1. The predicted octanol–water partition coefficient (Wildman–Crippen LogP) is 11.5. The highest BCUT2D eigenvalue weighted by Gasteiger charge is 2.23. The summed E-state index contributed by atoms with van der Waals surface area (Å²) in [5, 5.41) is 5.94. The van der Waals surface area contributed by atoms with Crippen LogP contribution in [0.1, 0.15) is 0 Å². The summed E-state index contributed by atoms with van der Waals surface area (Å²) in [6.07, 6.45) is 0. The quantitative estimate of drug-likeness (QED) is 0.203. The number of para-hydroxylation sites is 2. The van der Waals surface area contributed by atoms with Crippen molar-refractivity contribution in [2.45, 2.75) is 0 Å². The van der Waals surface area contributed by atoms with E-state index in [1.54, 1.807) is 0 Å². The van der Waals surface area contributed by atoms with Crippen LogP contribution in [0.4, 0.5) is 17.1 Å². The molecule has 0 saturated heterocycles. The summed E-state index contributed by atoms with van der Waals surface area (Å²) in [5.41, 5.74) is 7.56. The van der Waals surface area contributed by atoms with Crippen LogP contribution in [0.15, 0.2) is 168 Å². The zero-order valence-electron chi connectivity index (χ0n) is 22.9. The maximum absolute atomic E-state index is 6.92. The van der Waals surface area contributed by atoms with E-state index in [1.807, 2.05) is 0 Å². The van der Waals surface area contributed by atoms with E-state index in [0.717, 1.165) is 55.9 Å². The van der Waals surface area contributed by atoms with Crippen LogP contribution in [0.3, 0.4) is 0 Å². The van der Waals surface area contributed by atoms with Gasteiger partial charge in [-0.2, -0.15) is 0 Å². The van der Waals surface area contributed by atoms with Gasteiger partial charge >= 0.3 is 0 Å². The van der Waals surface area contributed by atoms with E-state index in [0.29, 0.717) is 0 Å². The number of hydrogen-bond acceptors (Lipinski definition) is 2. The van der Waals surface area contributed by atoms with Crippen molar-refractivity contribution in [1.82, 2.24) is 0 Å². The molecule has 0 spiro atoms. The van der Waals surface area contributed by atoms with Crippen molar-refractivity contribution in [2.24, 2.45) is 0 Å². The van der Waals surface area contributed by atoms with Crippen LogP contribution in [0, 0.1) is 0 Å². The van der Waals surface area contributed by atoms with Crippen molar-refractivity contribution in [3.63, 3.8) is 0 Å². The third-order valence-electron chi connectivity index (χ3n) is 8.05. The van der Waals surface area contributed by atoms with Gasteiger partial charge in [0.25, 0.3) is 0 Å². The average Bonchev–Trinajstić information content (AvgIpc) is 3.48. The Labute approximate surface area is 244 Å². The molecule has 0 amide bonds. The topological polar surface area (TPSA) is 16.4 Å². The van der Waals surface area contributed by atoms with Gasteiger partial charge < -0.3 is 9.32 Å². The van der Waals surface area contributed by atoms with Gasteiger partial charge in [-0.3, -0.25) is 0 Å². The Morgan fingerprint density at radius 3 is 1.40 bits per heavy atom. The molecule has 0 unspecified atom stereocenters. The molecule has 0 aliphatic heterocycles. The van der Waals surface area contributed by atoms with Gasteiger partial charge in [0.1, 0.15) is 11.3 Å². The molecule has 8 aromatic rings. The third kappa shape index (κ3) is 3.96. The maximum atomic E-state index is 6.92. The first-order chi connectivity index (χ1) is 20.9. The molecule has 42 heavy (non-hydrogen) atoms. The molecule has 198 valence electrons. The standard InChI is InChI=1S/C40H27NO/c1-4-14-28(15-5-1)37-38-35-22-12-10-20-33(35)34-21-11-13-23-36(34)40(38)42-39(37)29-24-26-32(27-25-29)41(30-16-6-2-7-17-30)31-18-8-3-9-19-31/h1-27H. The largest absolute Gasteiger partial charge is 0.455 e. The molecule has 2 heteroatoms. The summed E-state index contributed by atoms with van der Waals surface area (Å²) in [6, 6.07) is 57.6. The molecule has 0 atom stereocenters. The van der Waals surface area contributed by atoms with Crippen LogP contribution < -0.4 is 4.90 Å². The monoisotopic (exact) mass is 537 g/mol. The Morgan fingerprint density at radius 1 is 0.357 bits per heavy atom. The first kappa shape index (κ1) is 24.2. The van der Waals surface area contributed by atoms with Crippen LogP contribution >= 0.6 is 0 Å². The van der Waals surface area contributed by atoms with Crippen LogP contribution in [-0.2, 0) is 0 Å². The van der Waals surface area contributed by atoms with Crippen LogP contribution in [0.25, 0.3) is 55.0 Å². The molecular weight excluding hydrogens is 510 g/mol. The highest BCUT2D eigenvalue weighted by atomic mass is 16.3. The number of nitrogens with zero attached hydrogens (tertiary/aromatic N) is 1. The first-order valence-corrected chi connectivity index (χ1v) is 14.3. The van der Waals surface area contributed by atoms with Crippen LogP contribution in [0.5, 0.6) is 0 Å². The molecule has 7 aromatic carbocycles. The van der Waals surface area contributed by atoms with Crippen LogP contribution in [-0.4, -0.2) is 0 Å². The van der Waals surface area contributed by atoms with E-state index in [9.17, 15) is 0 Å². The van der Waals surface area contributed by atoms with Gasteiger partial charge in [0.15, 0.2) is 0 Å². The second-order valence-corrected chi connectivity index (χ2v) is 10.5. The molecule has 0 radical (unpaired) electrons. The Balaban J connectivity index is 1.37. The minimum atomic E-state index is 0.884. The molecule has 8 rings (SSSR count). The average molecular weight is 538 g/mol. The van der Waals surface area contributed by atoms with Crippen molar-refractivity contribution in [1.29, 1.82) is 0 Å². The summed E-state index contributed by atoms with van der Waals surface area (Å²) in [5.74, 6) is 0.884. The van der Waals surface area contributed by atoms with Gasteiger partial charge in [0.2, 0.25) is 0 Å². The van der Waals surface area contributed by atoms with Crippen molar-refractivity contribution >= 4 is 49.6 Å². The molecule has 0 fully saturated rings. The van der Waals surface area contributed by atoms with Gasteiger partial charge in [-0.05, 0) is 70.3 Å². The van der Waals surface area contributed by atoms with E-state index in [2.05, 4.69) is 169 Å². The Kier molecular flexibility index (Phi) is 5.82. The van der Waals surface area contributed by atoms with E-state index in [1.165, 1.54) is 16.2 Å². The van der Waals surface area contributed by atoms with Gasteiger partial charge in [-0.1, -0.05) is 115 Å². The Bertz CT molecular complexity index is 2120. The number of fused-ring (bicyclic) bond motifs is 6. The van der Waals surface area contributed by atoms with Gasteiger partial charge in [0, 0.05) is 39.0 Å². The molecule has 0 N–H and O–H groups in total. The number of furan rings is 1. The summed E-state index contributed by atoms with van der Waals surface area (Å²) < 4.78 is 6.92. The molecule has 0 aliphatic rings. The second-order valence-electron chi connectivity index (χ2n) is 10.5. The fourth-order valence-corrected chi connectivity index (χ4v) is 6.18. The molecular formula is C40H27NO. The molecule has 2 nitrogen and oxygen atoms in total. The van der Waals surface area contributed by atoms with Gasteiger partial charge in [-0.15, -0.1) is 0 Å². The van der Waals surface area contributed by atoms with Crippen molar-refractivity contribution in [3.05, 3.63) is 164 Å². The molecule has 1 heterocycles. The van der Waals surface area contributed by atoms with E-state index in [-0.39, 0.29) is 0 Å². The lowest BCUT2D eigenvalue weighted by atomic mass is 9.92. The van der Waals surface area contributed by atoms with E-state index in [4.69, 9.17) is 4.42 Å². The summed E-state index contributed by atoms with van der Waals surface area (Å²) in [4.78, 5) is 2.28. The minimum absolute atomic E-state index is 0.884. The summed E-state index contributed by atoms with van der Waals surface area (Å²) in [7, 11) is 0. The lowest BCUT2D eigenvalue weighted by Crippen LogP contribution is -2.09. The molecule has 0 saturated carbocycles. The van der Waals surface area contributed by atoms with E-state index < -0.39 is 0 Å². The smallest absolute Gasteiger partial charge is 0.143 e. The normalized spacial score (nSPS) is 11.3. The van der Waals surface area contributed by atoms with Crippen molar-refractivity contribution in [2.75, 3.05) is 4.90 Å². The van der Waals surface area contributed by atoms with Gasteiger partial charge in [-0.25, -0.2) is 0 Å². The number of hydrogen-bond donors (Lipinski definition) is 0. The number of benzene rings is 7. The Morgan fingerprint density at radius 2 is 0.810 bits per heavy atom. The third-order valence-corrected chi connectivity index (χ3v) is 8.05. The zero-order valence-corrected chi connectivity index (χ0v) is 22.9. The molecule has 0 bridgehead atoms. The summed E-state index contributed by atoms with van der Waals surface area (Å²) in [6.45, 7) is 0. The predicted molar refractivity (Wildman–Crippen MR) is 177 cm³/mol. The molecule has 1 aromatic heterocycles. The second kappa shape index (κ2) is 10.1. The lowest BCUT2D eigenvalue weighted by Gasteiger charge is -2.25. The van der Waals surface area contributed by atoms with E-state index >= 15 is 0 Å². The highest BCUT2D eigenvalue weighted by molar-refractivity contribution is 6.28. The number of rotatable bonds is 5. The maximum Gasteiger partial charge on any atom is 0.143 e. The minimum Gasteiger partial charge on any atom is -0.455 e.